The molecule has 0 fully saturated rings. The van der Waals surface area contributed by atoms with Crippen LogP contribution in [-0.4, -0.2) is 20.0 Å². The highest BCUT2D eigenvalue weighted by molar-refractivity contribution is 6.03. The van der Waals surface area contributed by atoms with E-state index in [-0.39, 0.29) is 11.5 Å². The highest BCUT2D eigenvalue weighted by atomic mass is 16.2. The molecule has 152 valence electrons. The number of benzene rings is 1. The van der Waals surface area contributed by atoms with Gasteiger partial charge in [0.2, 0.25) is 0 Å². The Bertz CT molecular complexity index is 1330. The summed E-state index contributed by atoms with van der Waals surface area (Å²) in [5, 5.41) is 3.83. The molecule has 4 rings (SSSR count). The minimum atomic E-state index is -0.194. The van der Waals surface area contributed by atoms with Crippen LogP contribution in [0.2, 0.25) is 0 Å². The zero-order valence-electron chi connectivity index (χ0n) is 17.6. The van der Waals surface area contributed by atoms with Crippen molar-refractivity contribution >= 4 is 22.5 Å². The fourth-order valence-electron chi connectivity index (χ4n) is 3.67. The van der Waals surface area contributed by atoms with E-state index in [9.17, 15) is 9.59 Å². The first kappa shape index (κ1) is 19.6. The lowest BCUT2D eigenvalue weighted by Gasteiger charge is -2.13. The number of nitrogens with zero attached hydrogens (tertiary/aromatic N) is 3. The SMILES string of the molecule is CCc1cc2c(cn1)cc(-c1cc(NC(=O)c3cccn3C)ccc1C)c(=O)n2C. The van der Waals surface area contributed by atoms with Gasteiger partial charge in [0.05, 0.1) is 5.52 Å². The quantitative estimate of drug-likeness (QED) is 0.562. The number of anilines is 1. The fourth-order valence-corrected chi connectivity index (χ4v) is 3.67. The first-order valence-corrected chi connectivity index (χ1v) is 9.91. The van der Waals surface area contributed by atoms with Crippen LogP contribution in [0.4, 0.5) is 5.69 Å². The van der Waals surface area contributed by atoms with Gasteiger partial charge in [-0.1, -0.05) is 13.0 Å². The number of nitrogens with one attached hydrogen (secondary N) is 1. The van der Waals surface area contributed by atoms with E-state index in [1.807, 2.05) is 69.7 Å². The van der Waals surface area contributed by atoms with Crippen molar-refractivity contribution in [1.82, 2.24) is 14.1 Å². The number of amides is 1. The van der Waals surface area contributed by atoms with E-state index < -0.39 is 0 Å². The van der Waals surface area contributed by atoms with Crippen LogP contribution >= 0.6 is 0 Å². The summed E-state index contributed by atoms with van der Waals surface area (Å²) in [7, 11) is 3.61. The van der Waals surface area contributed by atoms with E-state index in [2.05, 4.69) is 10.3 Å². The van der Waals surface area contributed by atoms with Crippen molar-refractivity contribution in [2.24, 2.45) is 14.1 Å². The lowest BCUT2D eigenvalue weighted by atomic mass is 9.99. The van der Waals surface area contributed by atoms with Gasteiger partial charge in [0, 0.05) is 48.8 Å². The maximum atomic E-state index is 13.2. The smallest absolute Gasteiger partial charge is 0.272 e. The van der Waals surface area contributed by atoms with Gasteiger partial charge in [-0.25, -0.2) is 0 Å². The van der Waals surface area contributed by atoms with Crippen molar-refractivity contribution in [3.63, 3.8) is 0 Å². The van der Waals surface area contributed by atoms with E-state index >= 15 is 0 Å². The van der Waals surface area contributed by atoms with Crippen LogP contribution < -0.4 is 10.9 Å². The normalized spacial score (nSPS) is 11.1. The van der Waals surface area contributed by atoms with E-state index in [4.69, 9.17) is 0 Å². The van der Waals surface area contributed by atoms with Crippen molar-refractivity contribution < 1.29 is 4.79 Å². The molecule has 30 heavy (non-hydrogen) atoms. The standard InChI is InChI=1S/C24H24N4O2/c1-5-17-13-22-16(14-25-17)11-20(24(30)28(22)4)19-12-18(9-8-15(19)2)26-23(29)21-7-6-10-27(21)3/h6-14H,5H2,1-4H3,(H,26,29). The average Bonchev–Trinajstić information content (AvgIpc) is 3.18. The van der Waals surface area contributed by atoms with Crippen molar-refractivity contribution in [3.05, 3.63) is 82.2 Å². The van der Waals surface area contributed by atoms with Crippen LogP contribution in [-0.2, 0) is 20.5 Å². The topological polar surface area (TPSA) is 68.9 Å². The summed E-state index contributed by atoms with van der Waals surface area (Å²) < 4.78 is 3.43. The second kappa shape index (κ2) is 7.63. The van der Waals surface area contributed by atoms with Gasteiger partial charge in [0.25, 0.3) is 11.5 Å². The number of carbonyl (C=O) groups excluding carboxylic acids is 1. The number of carbonyl (C=O) groups is 1. The molecule has 1 N–H and O–H groups in total. The summed E-state index contributed by atoms with van der Waals surface area (Å²) >= 11 is 0. The van der Waals surface area contributed by atoms with Gasteiger partial charge in [0.15, 0.2) is 0 Å². The highest BCUT2D eigenvalue weighted by Gasteiger charge is 2.14. The third-order valence-electron chi connectivity index (χ3n) is 5.49. The van der Waals surface area contributed by atoms with Gasteiger partial charge in [-0.2, -0.15) is 0 Å². The van der Waals surface area contributed by atoms with Gasteiger partial charge < -0.3 is 14.5 Å². The fraction of sp³-hybridized carbons (Fsp3) is 0.208. The number of aromatic nitrogens is 3. The van der Waals surface area contributed by atoms with Crippen LogP contribution in [0.5, 0.6) is 0 Å². The number of hydrogen-bond acceptors (Lipinski definition) is 3. The Kier molecular flexibility index (Phi) is 4.99. The number of rotatable bonds is 4. The van der Waals surface area contributed by atoms with Gasteiger partial charge in [0.1, 0.15) is 5.69 Å². The monoisotopic (exact) mass is 400 g/mol. The second-order valence-corrected chi connectivity index (χ2v) is 7.50. The summed E-state index contributed by atoms with van der Waals surface area (Å²) in [6, 6.07) is 13.1. The third kappa shape index (κ3) is 3.41. The zero-order valence-corrected chi connectivity index (χ0v) is 17.6. The Hall–Kier alpha value is -3.67. The molecule has 0 aliphatic heterocycles. The van der Waals surface area contributed by atoms with Crippen molar-refractivity contribution in [2.75, 3.05) is 5.32 Å². The van der Waals surface area contributed by atoms with Crippen molar-refractivity contribution in [2.45, 2.75) is 20.3 Å². The number of pyridine rings is 2. The first-order valence-electron chi connectivity index (χ1n) is 9.91. The van der Waals surface area contributed by atoms with Gasteiger partial charge >= 0.3 is 0 Å². The Morgan fingerprint density at radius 2 is 1.90 bits per heavy atom. The Labute approximate surface area is 174 Å². The maximum Gasteiger partial charge on any atom is 0.272 e. The summed E-state index contributed by atoms with van der Waals surface area (Å²) in [5.41, 5.74) is 5.28. The molecule has 0 atom stereocenters. The van der Waals surface area contributed by atoms with Crippen LogP contribution in [0.25, 0.3) is 22.0 Å². The molecule has 0 radical (unpaired) electrons. The second-order valence-electron chi connectivity index (χ2n) is 7.50. The summed E-state index contributed by atoms with van der Waals surface area (Å²) in [6.45, 7) is 4.00. The molecule has 1 aromatic carbocycles. The average molecular weight is 400 g/mol. The molecule has 6 heteroatoms. The van der Waals surface area contributed by atoms with Gasteiger partial charge in [-0.3, -0.25) is 14.6 Å². The Morgan fingerprint density at radius 3 is 2.60 bits per heavy atom. The number of fused-ring (bicyclic) bond motifs is 1. The molecule has 3 heterocycles. The van der Waals surface area contributed by atoms with Gasteiger partial charge in [-0.15, -0.1) is 0 Å². The number of hydrogen-bond donors (Lipinski definition) is 1. The van der Waals surface area contributed by atoms with Crippen molar-refractivity contribution in [3.8, 4) is 11.1 Å². The van der Waals surface area contributed by atoms with Crippen LogP contribution in [0.15, 0.2) is 59.7 Å². The largest absolute Gasteiger partial charge is 0.347 e. The molecule has 3 aromatic heterocycles. The molecule has 0 unspecified atom stereocenters. The predicted molar refractivity (Wildman–Crippen MR) is 120 cm³/mol. The number of aryl methyl sites for hydroxylation is 4. The molecule has 0 saturated carbocycles. The van der Waals surface area contributed by atoms with Crippen LogP contribution in [0.1, 0.15) is 28.7 Å². The summed E-state index contributed by atoms with van der Waals surface area (Å²) in [6.07, 6.45) is 4.45. The van der Waals surface area contributed by atoms with E-state index in [1.165, 1.54) is 0 Å². The Morgan fingerprint density at radius 1 is 1.10 bits per heavy atom. The summed E-state index contributed by atoms with van der Waals surface area (Å²) in [5.74, 6) is -0.194. The summed E-state index contributed by atoms with van der Waals surface area (Å²) in [4.78, 5) is 30.2. The first-order chi connectivity index (χ1) is 14.4. The molecule has 4 aromatic rings. The minimum absolute atomic E-state index is 0.0789. The molecule has 1 amide bonds. The Balaban J connectivity index is 1.79. The molecular formula is C24H24N4O2. The van der Waals surface area contributed by atoms with E-state index in [0.717, 1.165) is 34.1 Å². The highest BCUT2D eigenvalue weighted by Crippen LogP contribution is 2.27. The molecule has 0 bridgehead atoms. The van der Waals surface area contributed by atoms with Gasteiger partial charge in [-0.05, 0) is 60.9 Å². The van der Waals surface area contributed by atoms with Crippen LogP contribution in [0, 0.1) is 6.92 Å². The third-order valence-corrected chi connectivity index (χ3v) is 5.49. The van der Waals surface area contributed by atoms with Crippen molar-refractivity contribution in [1.29, 1.82) is 0 Å². The lowest BCUT2D eigenvalue weighted by Crippen LogP contribution is -2.20. The minimum Gasteiger partial charge on any atom is -0.347 e. The molecule has 0 aliphatic carbocycles. The maximum absolute atomic E-state index is 13.2. The predicted octanol–water partition coefficient (Wildman–Crippen LogP) is 4.06. The molecule has 0 spiro atoms. The zero-order chi connectivity index (χ0) is 21.4. The van der Waals surface area contributed by atoms with E-state index in [0.29, 0.717) is 16.9 Å². The van der Waals surface area contributed by atoms with Crippen LogP contribution in [0.3, 0.4) is 0 Å². The molecule has 0 aliphatic rings. The lowest BCUT2D eigenvalue weighted by molar-refractivity contribution is 0.101. The van der Waals surface area contributed by atoms with E-state index in [1.54, 1.807) is 22.2 Å². The molecule has 6 nitrogen and oxygen atoms in total. The molecule has 0 saturated heterocycles. The molecular weight excluding hydrogens is 376 g/mol.